The van der Waals surface area contributed by atoms with Crippen molar-refractivity contribution in [3.8, 4) is 0 Å². The van der Waals surface area contributed by atoms with Crippen LogP contribution < -0.4 is 16.6 Å². The van der Waals surface area contributed by atoms with Crippen LogP contribution in [0.5, 0.6) is 0 Å². The lowest BCUT2D eigenvalue weighted by atomic mass is 10.0. The first-order valence-corrected chi connectivity index (χ1v) is 9.24. The highest BCUT2D eigenvalue weighted by Gasteiger charge is 2.23. The van der Waals surface area contributed by atoms with Crippen LogP contribution in [0.25, 0.3) is 11.0 Å². The lowest BCUT2D eigenvalue weighted by Crippen LogP contribution is -2.44. The molecule has 0 spiro atoms. The van der Waals surface area contributed by atoms with Crippen molar-refractivity contribution in [2.75, 3.05) is 5.73 Å². The van der Waals surface area contributed by atoms with Gasteiger partial charge in [-0.05, 0) is 42.0 Å². The summed E-state index contributed by atoms with van der Waals surface area (Å²) < 4.78 is 0. The maximum Gasteiger partial charge on any atom is 0.326 e. The summed E-state index contributed by atoms with van der Waals surface area (Å²) >= 11 is 0. The number of aryl methyl sites for hydroxylation is 2. The molecule has 9 nitrogen and oxygen atoms in total. The van der Waals surface area contributed by atoms with Crippen LogP contribution >= 0.6 is 0 Å². The number of nitrogens with zero attached hydrogens (tertiary/aromatic N) is 1. The van der Waals surface area contributed by atoms with Crippen LogP contribution in [0, 0.1) is 5.92 Å². The Bertz CT molecular complexity index is 1100. The van der Waals surface area contributed by atoms with Crippen LogP contribution in [-0.4, -0.2) is 38.0 Å². The molecule has 0 aliphatic rings. The summed E-state index contributed by atoms with van der Waals surface area (Å²) in [6.07, 6.45) is 3.00. The van der Waals surface area contributed by atoms with E-state index in [0.717, 1.165) is 11.1 Å². The number of amides is 1. The van der Waals surface area contributed by atoms with Gasteiger partial charge in [0.1, 0.15) is 11.7 Å². The van der Waals surface area contributed by atoms with E-state index in [2.05, 4.69) is 20.3 Å². The molecule has 9 heteroatoms. The minimum atomic E-state index is -1.06. The summed E-state index contributed by atoms with van der Waals surface area (Å²) in [6.45, 7) is 3.48. The average Bonchev–Trinajstić information content (AvgIpc) is 3.07. The van der Waals surface area contributed by atoms with Crippen molar-refractivity contribution in [1.82, 2.24) is 20.3 Å². The van der Waals surface area contributed by atoms with Crippen LogP contribution in [0.1, 0.15) is 35.3 Å². The molecule has 0 bridgehead atoms. The number of carbonyl (C=O) groups excluding carboxylic acids is 1. The van der Waals surface area contributed by atoms with Crippen molar-refractivity contribution >= 4 is 28.9 Å². The summed E-state index contributed by atoms with van der Waals surface area (Å²) in [5.74, 6) is -1.65. The zero-order valence-corrected chi connectivity index (χ0v) is 16.2. The normalized spacial score (nSPS) is 12.2. The van der Waals surface area contributed by atoms with Gasteiger partial charge in [0.05, 0.1) is 5.39 Å². The maximum atomic E-state index is 12.3. The molecule has 0 radical (unpaired) electrons. The predicted octanol–water partition coefficient (Wildman–Crippen LogP) is 1.46. The summed E-state index contributed by atoms with van der Waals surface area (Å²) in [5.41, 5.74) is 7.92. The fourth-order valence-electron chi connectivity index (χ4n) is 3.16. The van der Waals surface area contributed by atoms with Gasteiger partial charge >= 0.3 is 5.97 Å². The van der Waals surface area contributed by atoms with Crippen molar-refractivity contribution in [3.05, 3.63) is 57.5 Å². The first-order valence-electron chi connectivity index (χ1n) is 9.24. The molecular formula is C20H23N5O4. The molecule has 0 saturated carbocycles. The second kappa shape index (κ2) is 8.17. The van der Waals surface area contributed by atoms with Crippen molar-refractivity contribution in [2.45, 2.75) is 32.7 Å². The molecule has 1 amide bonds. The van der Waals surface area contributed by atoms with Gasteiger partial charge in [-0.1, -0.05) is 26.0 Å². The van der Waals surface area contributed by atoms with E-state index in [1.165, 1.54) is 0 Å². The monoisotopic (exact) mass is 397 g/mol. The minimum Gasteiger partial charge on any atom is -0.480 e. The SMILES string of the molecule is CC(C)C(NC(=O)c1ccc(CCc2c[nH]c3nc(N)[nH]c(=O)c23)cc1)C(=O)O. The van der Waals surface area contributed by atoms with Crippen LogP contribution in [0.4, 0.5) is 5.95 Å². The zero-order valence-electron chi connectivity index (χ0n) is 16.2. The van der Waals surface area contributed by atoms with E-state index in [4.69, 9.17) is 5.73 Å². The largest absolute Gasteiger partial charge is 0.480 e. The highest BCUT2D eigenvalue weighted by atomic mass is 16.4. The van der Waals surface area contributed by atoms with Gasteiger partial charge < -0.3 is 21.1 Å². The Kier molecular flexibility index (Phi) is 5.67. The Morgan fingerprint density at radius 3 is 2.52 bits per heavy atom. The van der Waals surface area contributed by atoms with Gasteiger partial charge in [0, 0.05) is 11.8 Å². The van der Waals surface area contributed by atoms with Gasteiger partial charge in [0.25, 0.3) is 11.5 Å². The van der Waals surface area contributed by atoms with E-state index in [-0.39, 0.29) is 17.4 Å². The number of H-pyrrole nitrogens is 2. The molecule has 29 heavy (non-hydrogen) atoms. The van der Waals surface area contributed by atoms with Crippen LogP contribution in [0.3, 0.4) is 0 Å². The third kappa shape index (κ3) is 4.45. The van der Waals surface area contributed by atoms with E-state index in [9.17, 15) is 19.5 Å². The van der Waals surface area contributed by atoms with Gasteiger partial charge in [-0.3, -0.25) is 14.6 Å². The number of aliphatic carboxylic acids is 1. The Balaban J connectivity index is 1.68. The lowest BCUT2D eigenvalue weighted by Gasteiger charge is -2.17. The number of aromatic nitrogens is 3. The Hall–Kier alpha value is -3.62. The fourth-order valence-corrected chi connectivity index (χ4v) is 3.16. The first-order chi connectivity index (χ1) is 13.8. The van der Waals surface area contributed by atoms with Gasteiger partial charge in [0.15, 0.2) is 0 Å². The smallest absolute Gasteiger partial charge is 0.326 e. The van der Waals surface area contributed by atoms with E-state index >= 15 is 0 Å². The highest BCUT2D eigenvalue weighted by Crippen LogP contribution is 2.16. The zero-order chi connectivity index (χ0) is 21.1. The average molecular weight is 397 g/mol. The molecule has 2 heterocycles. The molecule has 0 aliphatic carbocycles. The molecule has 2 aromatic heterocycles. The molecule has 6 N–H and O–H groups in total. The van der Waals surface area contributed by atoms with Gasteiger partial charge in [-0.15, -0.1) is 0 Å². The summed E-state index contributed by atoms with van der Waals surface area (Å²) in [5, 5.41) is 12.2. The van der Waals surface area contributed by atoms with Crippen LogP contribution in [0.15, 0.2) is 35.3 Å². The molecule has 0 aliphatic heterocycles. The van der Waals surface area contributed by atoms with Crippen LogP contribution in [-0.2, 0) is 17.6 Å². The highest BCUT2D eigenvalue weighted by molar-refractivity contribution is 5.96. The van der Waals surface area contributed by atoms with Crippen LogP contribution in [0.2, 0.25) is 0 Å². The predicted molar refractivity (Wildman–Crippen MR) is 109 cm³/mol. The molecule has 0 saturated heterocycles. The minimum absolute atomic E-state index is 0.0624. The van der Waals surface area contributed by atoms with Crippen molar-refractivity contribution in [3.63, 3.8) is 0 Å². The quantitative estimate of drug-likeness (QED) is 0.407. The fraction of sp³-hybridized carbons (Fsp3) is 0.300. The molecule has 3 rings (SSSR count). The van der Waals surface area contributed by atoms with Crippen molar-refractivity contribution in [1.29, 1.82) is 0 Å². The molecule has 3 aromatic rings. The Morgan fingerprint density at radius 1 is 1.21 bits per heavy atom. The van der Waals surface area contributed by atoms with Gasteiger partial charge in [-0.2, -0.15) is 4.98 Å². The van der Waals surface area contributed by atoms with E-state index in [1.807, 2.05) is 12.1 Å². The number of hydrogen-bond acceptors (Lipinski definition) is 5. The number of carbonyl (C=O) groups is 2. The number of rotatable bonds is 7. The molecule has 1 aromatic carbocycles. The van der Waals surface area contributed by atoms with Gasteiger partial charge in [0.2, 0.25) is 5.95 Å². The number of anilines is 1. The van der Waals surface area contributed by atoms with E-state index in [1.54, 1.807) is 32.2 Å². The second-order valence-corrected chi connectivity index (χ2v) is 7.22. The number of fused-ring (bicyclic) bond motifs is 1. The molecule has 1 unspecified atom stereocenters. The molecule has 152 valence electrons. The number of nitrogen functional groups attached to an aromatic ring is 1. The number of benzene rings is 1. The Morgan fingerprint density at radius 2 is 1.90 bits per heavy atom. The molecular weight excluding hydrogens is 374 g/mol. The maximum absolute atomic E-state index is 12.3. The number of carboxylic acids is 1. The third-order valence-corrected chi connectivity index (χ3v) is 4.76. The standard InChI is InChI=1S/C20H23N5O4/c1-10(2)15(19(28)29)23-17(26)12-6-3-11(4-7-12)5-8-13-9-22-16-14(13)18(27)25-20(21)24-16/h3-4,6-7,9-10,15H,5,8H2,1-2H3,(H,23,26)(H,28,29)(H4,21,22,24,25,27). The number of nitrogens with one attached hydrogen (secondary N) is 3. The number of carboxylic acid groups (broad SMARTS) is 1. The first kappa shape index (κ1) is 20.1. The molecule has 1 atom stereocenters. The summed E-state index contributed by atoms with van der Waals surface area (Å²) in [4.78, 5) is 45.2. The number of aromatic amines is 2. The van der Waals surface area contributed by atoms with E-state index < -0.39 is 17.9 Å². The summed E-state index contributed by atoms with van der Waals surface area (Å²) in [7, 11) is 0. The van der Waals surface area contributed by atoms with Gasteiger partial charge in [-0.25, -0.2) is 4.79 Å². The third-order valence-electron chi connectivity index (χ3n) is 4.76. The topological polar surface area (TPSA) is 154 Å². The summed E-state index contributed by atoms with van der Waals surface area (Å²) in [6, 6.07) is 6.01. The van der Waals surface area contributed by atoms with Crippen molar-refractivity contribution < 1.29 is 14.7 Å². The van der Waals surface area contributed by atoms with Crippen molar-refractivity contribution in [2.24, 2.45) is 5.92 Å². The number of hydrogen-bond donors (Lipinski definition) is 5. The Labute approximate surface area is 166 Å². The van der Waals surface area contributed by atoms with E-state index in [0.29, 0.717) is 29.4 Å². The molecule has 0 fully saturated rings. The second-order valence-electron chi connectivity index (χ2n) is 7.22. The lowest BCUT2D eigenvalue weighted by molar-refractivity contribution is -0.140. The number of nitrogens with two attached hydrogens (primary N) is 1.